The summed E-state index contributed by atoms with van der Waals surface area (Å²) in [5.41, 5.74) is -0.118. The zero-order chi connectivity index (χ0) is 20.4. The predicted octanol–water partition coefficient (Wildman–Crippen LogP) is 2.54. The topological polar surface area (TPSA) is 119 Å². The van der Waals surface area contributed by atoms with E-state index in [9.17, 15) is 23.9 Å². The molecule has 0 aliphatic heterocycles. The van der Waals surface area contributed by atoms with Gasteiger partial charge in [-0.05, 0) is 41.8 Å². The van der Waals surface area contributed by atoms with Crippen molar-refractivity contribution in [2.45, 2.75) is 6.42 Å². The van der Waals surface area contributed by atoms with Gasteiger partial charge in [0.2, 0.25) is 0 Å². The fourth-order valence-electron chi connectivity index (χ4n) is 2.83. The van der Waals surface area contributed by atoms with Crippen LogP contribution in [0.1, 0.15) is 21.5 Å². The smallest absolute Gasteiger partial charge is 0.322 e. The van der Waals surface area contributed by atoms with E-state index in [-0.39, 0.29) is 17.3 Å². The molecule has 0 saturated heterocycles. The molecule has 144 valence electrons. The Morgan fingerprint density at radius 3 is 2.50 bits per heavy atom. The van der Waals surface area contributed by atoms with Crippen LogP contribution in [0.2, 0.25) is 0 Å². The van der Waals surface area contributed by atoms with Gasteiger partial charge in [0.05, 0.1) is 5.52 Å². The van der Waals surface area contributed by atoms with Crippen molar-refractivity contribution in [3.8, 4) is 5.75 Å². The van der Waals surface area contributed by atoms with Crippen molar-refractivity contribution in [3.05, 3.63) is 73.7 Å². The summed E-state index contributed by atoms with van der Waals surface area (Å²) in [6.07, 6.45) is 0.279. The fourth-order valence-corrected chi connectivity index (χ4v) is 3.10. The van der Waals surface area contributed by atoms with E-state index in [1.807, 2.05) is 29.6 Å². The van der Waals surface area contributed by atoms with Crippen molar-refractivity contribution in [2.24, 2.45) is 0 Å². The monoisotopic (exact) mass is 448 g/mol. The van der Waals surface area contributed by atoms with E-state index >= 15 is 0 Å². The molecule has 0 aliphatic carbocycles. The van der Waals surface area contributed by atoms with Gasteiger partial charge < -0.3 is 20.5 Å². The standard InChI is InChI=1S/C19H14BrFN2O5/c20-11-3-1-9(2-4-11)5-10-6-12(21)7-13-16(10)23-19(28)15(17(13)26)18(27)22-8-14(24)25/h1-4,6-7H,5,8H2,(H,22,27)(H,24,25)(H2,23,26,28). The number of benzene rings is 2. The lowest BCUT2D eigenvalue weighted by atomic mass is 10.00. The van der Waals surface area contributed by atoms with Crippen molar-refractivity contribution in [2.75, 3.05) is 6.54 Å². The van der Waals surface area contributed by atoms with Gasteiger partial charge in [-0.25, -0.2) is 4.39 Å². The minimum atomic E-state index is -1.31. The summed E-state index contributed by atoms with van der Waals surface area (Å²) in [5, 5.41) is 21.0. The minimum Gasteiger partial charge on any atom is -0.506 e. The fraction of sp³-hybridized carbons (Fsp3) is 0.105. The number of carbonyl (C=O) groups excluding carboxylic acids is 1. The number of aliphatic carboxylic acids is 1. The number of carboxylic acids is 1. The van der Waals surface area contributed by atoms with Crippen molar-refractivity contribution in [1.29, 1.82) is 0 Å². The van der Waals surface area contributed by atoms with Gasteiger partial charge in [0.15, 0.2) is 0 Å². The van der Waals surface area contributed by atoms with Crippen LogP contribution in [0.3, 0.4) is 0 Å². The first-order chi connectivity index (χ1) is 13.3. The number of amides is 1. The molecule has 3 rings (SSSR count). The van der Waals surface area contributed by atoms with Gasteiger partial charge in [-0.1, -0.05) is 28.1 Å². The second-order valence-electron chi connectivity index (χ2n) is 6.04. The summed E-state index contributed by atoms with van der Waals surface area (Å²) >= 11 is 3.33. The largest absolute Gasteiger partial charge is 0.506 e. The van der Waals surface area contributed by atoms with Crippen molar-refractivity contribution < 1.29 is 24.2 Å². The molecule has 9 heteroatoms. The van der Waals surface area contributed by atoms with Gasteiger partial charge in [0.1, 0.15) is 23.7 Å². The van der Waals surface area contributed by atoms with Gasteiger partial charge in [-0.3, -0.25) is 14.4 Å². The average molecular weight is 449 g/mol. The highest BCUT2D eigenvalue weighted by atomic mass is 79.9. The molecule has 0 fully saturated rings. The highest BCUT2D eigenvalue weighted by Crippen LogP contribution is 2.29. The summed E-state index contributed by atoms with van der Waals surface area (Å²) < 4.78 is 15.0. The van der Waals surface area contributed by atoms with Crippen LogP contribution in [0, 0.1) is 5.82 Å². The molecule has 7 nitrogen and oxygen atoms in total. The number of nitrogens with one attached hydrogen (secondary N) is 2. The maximum Gasteiger partial charge on any atom is 0.322 e. The SMILES string of the molecule is O=C(O)CNC(=O)c1c(O)c2cc(F)cc(Cc3ccc(Br)cc3)c2[nH]c1=O. The van der Waals surface area contributed by atoms with Crippen LogP contribution in [0.15, 0.2) is 45.7 Å². The average Bonchev–Trinajstić information content (AvgIpc) is 2.63. The number of pyridine rings is 1. The molecule has 28 heavy (non-hydrogen) atoms. The number of halogens is 2. The zero-order valence-electron chi connectivity index (χ0n) is 14.3. The van der Waals surface area contributed by atoms with Crippen molar-refractivity contribution in [1.82, 2.24) is 10.3 Å². The number of fused-ring (bicyclic) bond motifs is 1. The first-order valence-corrected chi connectivity index (χ1v) is 8.87. The molecule has 0 aliphatic rings. The maximum absolute atomic E-state index is 14.1. The summed E-state index contributed by atoms with van der Waals surface area (Å²) in [7, 11) is 0. The van der Waals surface area contributed by atoms with E-state index in [0.29, 0.717) is 5.56 Å². The number of hydrogen-bond donors (Lipinski definition) is 4. The number of carboxylic acid groups (broad SMARTS) is 1. The molecule has 2 aromatic carbocycles. The van der Waals surface area contributed by atoms with Crippen molar-refractivity contribution >= 4 is 38.7 Å². The van der Waals surface area contributed by atoms with Gasteiger partial charge in [0, 0.05) is 9.86 Å². The molecule has 1 amide bonds. The predicted molar refractivity (Wildman–Crippen MR) is 103 cm³/mol. The Hall–Kier alpha value is -3.20. The number of H-pyrrole nitrogens is 1. The third-order valence-electron chi connectivity index (χ3n) is 4.08. The van der Waals surface area contributed by atoms with E-state index in [0.717, 1.165) is 16.1 Å². The Morgan fingerprint density at radius 1 is 1.18 bits per heavy atom. The second-order valence-corrected chi connectivity index (χ2v) is 6.96. The Bertz CT molecular complexity index is 1140. The van der Waals surface area contributed by atoms with E-state index in [1.165, 1.54) is 6.07 Å². The maximum atomic E-state index is 14.1. The highest BCUT2D eigenvalue weighted by molar-refractivity contribution is 9.10. The summed E-state index contributed by atoms with van der Waals surface area (Å²) in [6.45, 7) is -0.728. The number of aromatic nitrogens is 1. The summed E-state index contributed by atoms with van der Waals surface area (Å²) in [5.74, 6) is -3.74. The van der Waals surface area contributed by atoms with Crippen molar-refractivity contribution in [3.63, 3.8) is 0 Å². The molecule has 0 atom stereocenters. The number of aromatic amines is 1. The van der Waals surface area contributed by atoms with E-state index in [4.69, 9.17) is 5.11 Å². The van der Waals surface area contributed by atoms with Crippen LogP contribution < -0.4 is 10.9 Å². The van der Waals surface area contributed by atoms with Gasteiger partial charge in [0.25, 0.3) is 11.5 Å². The molecular formula is C19H14BrFN2O5. The summed E-state index contributed by atoms with van der Waals surface area (Å²) in [4.78, 5) is 37.5. The number of hydrogen-bond acceptors (Lipinski definition) is 4. The van der Waals surface area contributed by atoms with Crippen LogP contribution in [0.5, 0.6) is 5.75 Å². The number of carbonyl (C=O) groups is 2. The molecule has 0 unspecified atom stereocenters. The van der Waals surface area contributed by atoms with Crippen LogP contribution >= 0.6 is 15.9 Å². The number of rotatable bonds is 5. The minimum absolute atomic E-state index is 0.0489. The van der Waals surface area contributed by atoms with Crippen LogP contribution in [-0.4, -0.2) is 33.6 Å². The van der Waals surface area contributed by atoms with Crippen LogP contribution in [-0.2, 0) is 11.2 Å². The van der Waals surface area contributed by atoms with Crippen LogP contribution in [0.4, 0.5) is 4.39 Å². The van der Waals surface area contributed by atoms with E-state index in [2.05, 4.69) is 20.9 Å². The molecule has 0 spiro atoms. The Kier molecular flexibility index (Phi) is 5.46. The lowest BCUT2D eigenvalue weighted by Gasteiger charge is -2.11. The molecule has 0 saturated carbocycles. The van der Waals surface area contributed by atoms with Gasteiger partial charge >= 0.3 is 5.97 Å². The third-order valence-corrected chi connectivity index (χ3v) is 4.61. The first-order valence-electron chi connectivity index (χ1n) is 8.08. The zero-order valence-corrected chi connectivity index (χ0v) is 15.8. The van der Waals surface area contributed by atoms with Crippen LogP contribution in [0.25, 0.3) is 10.9 Å². The molecule has 1 heterocycles. The lowest BCUT2D eigenvalue weighted by Crippen LogP contribution is -2.33. The van der Waals surface area contributed by atoms with Gasteiger partial charge in [-0.15, -0.1) is 0 Å². The Balaban J connectivity index is 2.10. The Labute approximate surface area is 166 Å². The first kappa shape index (κ1) is 19.6. The number of aromatic hydroxyl groups is 1. The normalized spacial score (nSPS) is 10.8. The second kappa shape index (κ2) is 7.81. The Morgan fingerprint density at radius 2 is 1.86 bits per heavy atom. The molecule has 4 N–H and O–H groups in total. The van der Waals surface area contributed by atoms with E-state index in [1.54, 1.807) is 0 Å². The van der Waals surface area contributed by atoms with E-state index < -0.39 is 41.1 Å². The lowest BCUT2D eigenvalue weighted by molar-refractivity contribution is -0.135. The van der Waals surface area contributed by atoms with Gasteiger partial charge in [-0.2, -0.15) is 0 Å². The molecule has 0 radical (unpaired) electrons. The molecular weight excluding hydrogens is 435 g/mol. The summed E-state index contributed by atoms with van der Waals surface area (Å²) in [6, 6.07) is 9.53. The molecule has 3 aromatic rings. The quantitative estimate of drug-likeness (QED) is 0.478. The highest BCUT2D eigenvalue weighted by Gasteiger charge is 2.21. The third kappa shape index (κ3) is 4.04. The molecule has 1 aromatic heterocycles. The molecule has 0 bridgehead atoms.